The number of carbonyl (C=O) groups is 1. The molecule has 1 saturated heterocycles. The number of methoxy groups -OCH3 is 1. The van der Waals surface area contributed by atoms with Crippen LogP contribution >= 0.6 is 23.4 Å². The summed E-state index contributed by atoms with van der Waals surface area (Å²) < 4.78 is 5.38. The zero-order chi connectivity index (χ0) is 19.2. The quantitative estimate of drug-likeness (QED) is 0.682. The van der Waals surface area contributed by atoms with E-state index in [-0.39, 0.29) is 11.9 Å². The van der Waals surface area contributed by atoms with Gasteiger partial charge in [-0.05, 0) is 68.1 Å². The highest BCUT2D eigenvalue weighted by Gasteiger charge is 2.25. The van der Waals surface area contributed by atoms with E-state index in [1.807, 2.05) is 30.5 Å². The van der Waals surface area contributed by atoms with E-state index >= 15 is 0 Å². The largest absolute Gasteiger partial charge is 0.497 e. The van der Waals surface area contributed by atoms with Crippen LogP contribution in [0.3, 0.4) is 0 Å². The van der Waals surface area contributed by atoms with Crippen molar-refractivity contribution in [1.29, 1.82) is 0 Å². The van der Waals surface area contributed by atoms with Crippen LogP contribution in [0.15, 0.2) is 47.4 Å². The van der Waals surface area contributed by atoms with Gasteiger partial charge in [0.2, 0.25) is 0 Å². The monoisotopic (exact) mass is 404 g/mol. The second kappa shape index (κ2) is 9.49. The van der Waals surface area contributed by atoms with Crippen LogP contribution < -0.4 is 10.1 Å². The number of rotatable bonds is 7. The molecular formula is C21H25ClN2O2S. The van der Waals surface area contributed by atoms with Crippen LogP contribution in [0.4, 0.5) is 0 Å². The number of thioether (sulfide) groups is 1. The van der Waals surface area contributed by atoms with Gasteiger partial charge in [-0.15, -0.1) is 11.8 Å². The van der Waals surface area contributed by atoms with Gasteiger partial charge in [0.1, 0.15) is 5.75 Å². The Hall–Kier alpha value is -1.69. The van der Waals surface area contributed by atoms with Gasteiger partial charge in [0, 0.05) is 11.4 Å². The Kier molecular flexibility index (Phi) is 7.05. The molecule has 1 heterocycles. The van der Waals surface area contributed by atoms with E-state index in [1.54, 1.807) is 24.9 Å². The molecule has 1 fully saturated rings. The lowest BCUT2D eigenvalue weighted by molar-refractivity contribution is 0.0938. The highest BCUT2D eigenvalue weighted by atomic mass is 35.5. The number of ether oxygens (including phenoxy) is 1. The molecule has 1 unspecified atom stereocenters. The number of carbonyl (C=O) groups excluding carboxylic acids is 1. The molecule has 3 rings (SSSR count). The number of nitrogens with zero attached hydrogens (tertiary/aromatic N) is 1. The number of likely N-dealkylation sites (tertiary alicyclic amines) is 1. The van der Waals surface area contributed by atoms with Crippen LogP contribution in [0, 0.1) is 0 Å². The predicted octanol–water partition coefficient (Wildman–Crippen LogP) is 4.64. The first kappa shape index (κ1) is 20.1. The second-order valence-corrected chi connectivity index (χ2v) is 7.88. The minimum atomic E-state index is -0.136. The van der Waals surface area contributed by atoms with Gasteiger partial charge in [0.25, 0.3) is 5.91 Å². The number of nitrogens with one attached hydrogen (secondary N) is 1. The van der Waals surface area contributed by atoms with Crippen molar-refractivity contribution in [3.8, 4) is 5.75 Å². The van der Waals surface area contributed by atoms with Crippen molar-refractivity contribution in [1.82, 2.24) is 10.2 Å². The Morgan fingerprint density at radius 3 is 2.74 bits per heavy atom. The Balaban J connectivity index is 1.77. The Morgan fingerprint density at radius 1 is 1.26 bits per heavy atom. The highest BCUT2D eigenvalue weighted by Crippen LogP contribution is 2.28. The topological polar surface area (TPSA) is 41.6 Å². The van der Waals surface area contributed by atoms with Crippen LogP contribution in [0.5, 0.6) is 5.75 Å². The van der Waals surface area contributed by atoms with Crippen molar-refractivity contribution in [3.05, 3.63) is 58.6 Å². The van der Waals surface area contributed by atoms with Gasteiger partial charge in [0.15, 0.2) is 0 Å². The van der Waals surface area contributed by atoms with E-state index in [4.69, 9.17) is 16.3 Å². The summed E-state index contributed by atoms with van der Waals surface area (Å²) in [4.78, 5) is 16.2. The first-order chi connectivity index (χ1) is 13.1. The number of hydrogen-bond donors (Lipinski definition) is 1. The SMILES string of the molecule is COc1cccc(C(CNC(=O)c2cc(SC)ccc2Cl)N2CCCC2)c1. The summed E-state index contributed by atoms with van der Waals surface area (Å²) in [6, 6.07) is 13.8. The summed E-state index contributed by atoms with van der Waals surface area (Å²) in [7, 11) is 1.67. The molecule has 0 saturated carbocycles. The van der Waals surface area contributed by atoms with Gasteiger partial charge < -0.3 is 10.1 Å². The number of hydrogen-bond acceptors (Lipinski definition) is 4. The van der Waals surface area contributed by atoms with Crippen molar-refractivity contribution in [2.45, 2.75) is 23.8 Å². The maximum atomic E-state index is 12.8. The third kappa shape index (κ3) is 4.98. The summed E-state index contributed by atoms with van der Waals surface area (Å²) in [5.41, 5.74) is 1.68. The molecule has 0 aromatic heterocycles. The van der Waals surface area contributed by atoms with Gasteiger partial charge in [-0.25, -0.2) is 0 Å². The maximum Gasteiger partial charge on any atom is 0.252 e. The van der Waals surface area contributed by atoms with E-state index in [2.05, 4.69) is 22.3 Å². The average Bonchev–Trinajstić information content (AvgIpc) is 3.23. The fourth-order valence-corrected chi connectivity index (χ4v) is 4.09. The average molecular weight is 405 g/mol. The number of benzene rings is 2. The molecule has 0 spiro atoms. The van der Waals surface area contributed by atoms with Crippen LogP contribution in [-0.2, 0) is 0 Å². The van der Waals surface area contributed by atoms with Crippen LogP contribution in [0.25, 0.3) is 0 Å². The Labute approximate surface area is 170 Å². The molecule has 1 amide bonds. The molecule has 2 aromatic carbocycles. The van der Waals surface area contributed by atoms with Crippen LogP contribution in [0.2, 0.25) is 5.02 Å². The molecular weight excluding hydrogens is 380 g/mol. The van der Waals surface area contributed by atoms with Crippen molar-refractivity contribution in [2.75, 3.05) is 33.0 Å². The van der Waals surface area contributed by atoms with Gasteiger partial charge in [-0.3, -0.25) is 9.69 Å². The minimum absolute atomic E-state index is 0.119. The molecule has 2 aromatic rings. The Morgan fingerprint density at radius 2 is 2.04 bits per heavy atom. The van der Waals surface area contributed by atoms with E-state index in [0.29, 0.717) is 17.1 Å². The van der Waals surface area contributed by atoms with E-state index in [1.165, 1.54) is 12.8 Å². The molecule has 0 bridgehead atoms. The fraction of sp³-hybridized carbons (Fsp3) is 0.381. The van der Waals surface area contributed by atoms with E-state index in [0.717, 1.165) is 29.3 Å². The first-order valence-corrected chi connectivity index (χ1v) is 10.7. The summed E-state index contributed by atoms with van der Waals surface area (Å²) in [6.07, 6.45) is 4.36. The highest BCUT2D eigenvalue weighted by molar-refractivity contribution is 7.98. The van der Waals surface area contributed by atoms with Crippen molar-refractivity contribution < 1.29 is 9.53 Å². The molecule has 1 aliphatic heterocycles. The second-order valence-electron chi connectivity index (χ2n) is 6.59. The maximum absolute atomic E-state index is 12.8. The molecule has 6 heteroatoms. The Bertz CT molecular complexity index is 794. The van der Waals surface area contributed by atoms with Gasteiger partial charge in [-0.1, -0.05) is 23.7 Å². The lowest BCUT2D eigenvalue weighted by Crippen LogP contribution is -2.36. The summed E-state index contributed by atoms with van der Waals surface area (Å²) >= 11 is 7.84. The van der Waals surface area contributed by atoms with Gasteiger partial charge >= 0.3 is 0 Å². The standard InChI is InChI=1S/C21H25ClN2O2S/c1-26-16-7-5-6-15(12-16)20(24-10-3-4-11-24)14-23-21(25)18-13-17(27-2)8-9-19(18)22/h5-9,12-13,20H,3-4,10-11,14H2,1-2H3,(H,23,25). The number of halogens is 1. The van der Waals surface area contributed by atoms with E-state index < -0.39 is 0 Å². The van der Waals surface area contributed by atoms with Crippen molar-refractivity contribution >= 4 is 29.3 Å². The lowest BCUT2D eigenvalue weighted by atomic mass is 10.0. The van der Waals surface area contributed by atoms with Crippen molar-refractivity contribution in [2.24, 2.45) is 0 Å². The summed E-state index contributed by atoms with van der Waals surface area (Å²) in [5, 5.41) is 3.57. The fourth-order valence-electron chi connectivity index (χ4n) is 3.45. The molecule has 144 valence electrons. The zero-order valence-electron chi connectivity index (χ0n) is 15.7. The molecule has 4 nitrogen and oxygen atoms in total. The smallest absolute Gasteiger partial charge is 0.252 e. The predicted molar refractivity (Wildman–Crippen MR) is 112 cm³/mol. The summed E-state index contributed by atoms with van der Waals surface area (Å²) in [6.45, 7) is 2.62. The van der Waals surface area contributed by atoms with Crippen LogP contribution in [-0.4, -0.2) is 43.8 Å². The van der Waals surface area contributed by atoms with Gasteiger partial charge in [0.05, 0.1) is 23.7 Å². The normalized spacial score (nSPS) is 15.5. The minimum Gasteiger partial charge on any atom is -0.497 e. The molecule has 0 radical (unpaired) electrons. The van der Waals surface area contributed by atoms with E-state index in [9.17, 15) is 4.79 Å². The van der Waals surface area contributed by atoms with Gasteiger partial charge in [-0.2, -0.15) is 0 Å². The number of amides is 1. The lowest BCUT2D eigenvalue weighted by Gasteiger charge is -2.28. The third-order valence-electron chi connectivity index (χ3n) is 4.93. The third-order valence-corrected chi connectivity index (χ3v) is 5.99. The molecule has 1 atom stereocenters. The van der Waals surface area contributed by atoms with Crippen molar-refractivity contribution in [3.63, 3.8) is 0 Å². The zero-order valence-corrected chi connectivity index (χ0v) is 17.3. The summed E-state index contributed by atoms with van der Waals surface area (Å²) in [5.74, 6) is 0.696. The molecule has 1 aliphatic rings. The first-order valence-electron chi connectivity index (χ1n) is 9.12. The molecule has 27 heavy (non-hydrogen) atoms. The van der Waals surface area contributed by atoms with Crippen LogP contribution in [0.1, 0.15) is 34.8 Å². The molecule has 0 aliphatic carbocycles. The molecule has 1 N–H and O–H groups in total.